The molecule has 0 bridgehead atoms. The molecule has 0 amide bonds. The van der Waals surface area contributed by atoms with Crippen LogP contribution in [0.3, 0.4) is 0 Å². The van der Waals surface area contributed by atoms with E-state index >= 15 is 0 Å². The Morgan fingerprint density at radius 1 is 1.24 bits per heavy atom. The minimum absolute atomic E-state index is 0.0831. The highest BCUT2D eigenvalue weighted by Crippen LogP contribution is 2.21. The molecule has 2 heterocycles. The summed E-state index contributed by atoms with van der Waals surface area (Å²) in [6.07, 6.45) is 0.979. The average molecular weight is 316 g/mol. The normalized spacial score (nSPS) is 11.1. The molecule has 0 atom stereocenters. The quantitative estimate of drug-likeness (QED) is 0.530. The van der Waals surface area contributed by atoms with E-state index in [1.165, 1.54) is 16.9 Å². The standard InChI is InChI=1S/C16H16N2OS2/c1-2-18-15(19)14-13(9-11-20-14)17-16(18)21-10-8-12-6-4-3-5-7-12/h3-7,9,11H,2,8,10H2,1H3. The summed E-state index contributed by atoms with van der Waals surface area (Å²) < 4.78 is 2.53. The fraction of sp³-hybridized carbons (Fsp3) is 0.250. The van der Waals surface area contributed by atoms with Crippen molar-refractivity contribution < 1.29 is 0 Å². The van der Waals surface area contributed by atoms with Crippen LogP contribution in [0.5, 0.6) is 0 Å². The van der Waals surface area contributed by atoms with Gasteiger partial charge in [-0.1, -0.05) is 42.1 Å². The second-order valence-corrected chi connectivity index (χ2v) is 6.64. The van der Waals surface area contributed by atoms with Gasteiger partial charge in [-0.25, -0.2) is 4.98 Å². The van der Waals surface area contributed by atoms with Crippen molar-refractivity contribution in [3.05, 3.63) is 57.7 Å². The minimum atomic E-state index is 0.0831. The topological polar surface area (TPSA) is 34.9 Å². The monoisotopic (exact) mass is 316 g/mol. The van der Waals surface area contributed by atoms with Gasteiger partial charge in [-0.2, -0.15) is 0 Å². The van der Waals surface area contributed by atoms with Crippen molar-refractivity contribution in [3.8, 4) is 0 Å². The van der Waals surface area contributed by atoms with Crippen molar-refractivity contribution in [2.45, 2.75) is 25.0 Å². The second kappa shape index (κ2) is 6.45. The summed E-state index contributed by atoms with van der Waals surface area (Å²) in [5, 5.41) is 2.75. The van der Waals surface area contributed by atoms with Crippen molar-refractivity contribution in [2.24, 2.45) is 0 Å². The molecule has 3 nitrogen and oxygen atoms in total. The number of hydrogen-bond acceptors (Lipinski definition) is 4. The molecular weight excluding hydrogens is 300 g/mol. The molecular formula is C16H16N2OS2. The molecule has 5 heteroatoms. The predicted octanol–water partition coefficient (Wildman–Crippen LogP) is 3.81. The van der Waals surface area contributed by atoms with Gasteiger partial charge in [0.1, 0.15) is 4.70 Å². The molecule has 0 saturated heterocycles. The second-order valence-electron chi connectivity index (χ2n) is 4.66. The van der Waals surface area contributed by atoms with Crippen molar-refractivity contribution in [3.63, 3.8) is 0 Å². The van der Waals surface area contributed by atoms with Crippen LogP contribution in [-0.2, 0) is 13.0 Å². The summed E-state index contributed by atoms with van der Waals surface area (Å²) in [4.78, 5) is 17.0. The molecule has 3 aromatic rings. The highest BCUT2D eigenvalue weighted by Gasteiger charge is 2.11. The van der Waals surface area contributed by atoms with Gasteiger partial charge >= 0.3 is 0 Å². The lowest BCUT2D eigenvalue weighted by atomic mass is 10.2. The van der Waals surface area contributed by atoms with E-state index < -0.39 is 0 Å². The van der Waals surface area contributed by atoms with Gasteiger partial charge in [0.2, 0.25) is 0 Å². The molecule has 0 N–H and O–H groups in total. The number of aromatic nitrogens is 2. The molecule has 0 aliphatic heterocycles. The molecule has 0 saturated carbocycles. The number of hydrogen-bond donors (Lipinski definition) is 0. The van der Waals surface area contributed by atoms with Crippen LogP contribution < -0.4 is 5.56 Å². The van der Waals surface area contributed by atoms with Crippen molar-refractivity contribution in [1.82, 2.24) is 9.55 Å². The summed E-state index contributed by atoms with van der Waals surface area (Å²) >= 11 is 3.12. The summed E-state index contributed by atoms with van der Waals surface area (Å²) in [7, 11) is 0. The molecule has 0 aliphatic rings. The summed E-state index contributed by atoms with van der Waals surface area (Å²) in [5.74, 6) is 0.923. The first kappa shape index (κ1) is 14.4. The molecule has 108 valence electrons. The summed E-state index contributed by atoms with van der Waals surface area (Å²) in [6.45, 7) is 2.65. The summed E-state index contributed by atoms with van der Waals surface area (Å²) in [5.41, 5.74) is 2.21. The van der Waals surface area contributed by atoms with Gasteiger partial charge in [-0.3, -0.25) is 9.36 Å². The van der Waals surface area contributed by atoms with Gasteiger partial charge in [0, 0.05) is 12.3 Å². The lowest BCUT2D eigenvalue weighted by molar-refractivity contribution is 0.635. The van der Waals surface area contributed by atoms with E-state index in [0.717, 1.165) is 27.5 Å². The number of thiophene rings is 1. The summed E-state index contributed by atoms with van der Waals surface area (Å²) in [6, 6.07) is 12.3. The Balaban J connectivity index is 1.81. The van der Waals surface area contributed by atoms with Crippen LogP contribution in [0, 0.1) is 0 Å². The first-order chi connectivity index (χ1) is 10.3. The van der Waals surface area contributed by atoms with E-state index in [2.05, 4.69) is 29.2 Å². The first-order valence-corrected chi connectivity index (χ1v) is 8.81. The van der Waals surface area contributed by atoms with Crippen LogP contribution in [0.1, 0.15) is 12.5 Å². The Kier molecular flexibility index (Phi) is 4.41. The highest BCUT2D eigenvalue weighted by atomic mass is 32.2. The van der Waals surface area contributed by atoms with Gasteiger partial charge < -0.3 is 0 Å². The average Bonchev–Trinajstić information content (AvgIpc) is 2.97. The zero-order valence-corrected chi connectivity index (χ0v) is 13.4. The van der Waals surface area contributed by atoms with Gasteiger partial charge in [0.25, 0.3) is 5.56 Å². The molecule has 3 rings (SSSR count). The molecule has 1 aromatic carbocycles. The van der Waals surface area contributed by atoms with Crippen LogP contribution in [-0.4, -0.2) is 15.3 Å². The molecule has 21 heavy (non-hydrogen) atoms. The lowest BCUT2D eigenvalue weighted by Crippen LogP contribution is -2.21. The Bertz CT molecular complexity index is 793. The lowest BCUT2D eigenvalue weighted by Gasteiger charge is -2.09. The molecule has 0 unspecified atom stereocenters. The van der Waals surface area contributed by atoms with E-state index in [9.17, 15) is 4.79 Å². The molecule has 0 fully saturated rings. The highest BCUT2D eigenvalue weighted by molar-refractivity contribution is 7.99. The van der Waals surface area contributed by atoms with Gasteiger partial charge in [-0.15, -0.1) is 11.3 Å². The van der Waals surface area contributed by atoms with Crippen LogP contribution in [0.4, 0.5) is 0 Å². The minimum Gasteiger partial charge on any atom is -0.287 e. The van der Waals surface area contributed by atoms with Crippen molar-refractivity contribution in [1.29, 1.82) is 0 Å². The third-order valence-electron chi connectivity index (χ3n) is 3.31. The SMILES string of the molecule is CCn1c(SCCc2ccccc2)nc2ccsc2c1=O. The number of fused-ring (bicyclic) bond motifs is 1. The maximum absolute atomic E-state index is 12.4. The van der Waals surface area contributed by atoms with Crippen LogP contribution in [0.2, 0.25) is 0 Å². The van der Waals surface area contributed by atoms with E-state index in [-0.39, 0.29) is 5.56 Å². The van der Waals surface area contributed by atoms with Gasteiger partial charge in [0.15, 0.2) is 5.16 Å². The maximum Gasteiger partial charge on any atom is 0.272 e. The number of rotatable bonds is 5. The van der Waals surface area contributed by atoms with Crippen LogP contribution in [0.15, 0.2) is 51.7 Å². The van der Waals surface area contributed by atoms with Gasteiger partial charge in [-0.05, 0) is 30.4 Å². The van der Waals surface area contributed by atoms with E-state index in [1.54, 1.807) is 16.3 Å². The number of benzene rings is 1. The Hall–Kier alpha value is -1.59. The Labute approximate surface area is 131 Å². The largest absolute Gasteiger partial charge is 0.287 e. The van der Waals surface area contributed by atoms with E-state index in [4.69, 9.17) is 0 Å². The van der Waals surface area contributed by atoms with Gasteiger partial charge in [0.05, 0.1) is 5.52 Å². The molecule has 0 spiro atoms. The van der Waals surface area contributed by atoms with E-state index in [0.29, 0.717) is 6.54 Å². The van der Waals surface area contributed by atoms with E-state index in [1.807, 2.05) is 24.4 Å². The molecule has 0 radical (unpaired) electrons. The smallest absolute Gasteiger partial charge is 0.272 e. The maximum atomic E-state index is 12.4. The van der Waals surface area contributed by atoms with Crippen LogP contribution >= 0.6 is 23.1 Å². The predicted molar refractivity (Wildman–Crippen MR) is 90.4 cm³/mol. The Morgan fingerprint density at radius 2 is 2.05 bits per heavy atom. The first-order valence-electron chi connectivity index (χ1n) is 6.94. The number of nitrogens with zero attached hydrogens (tertiary/aromatic N) is 2. The molecule has 0 aliphatic carbocycles. The third kappa shape index (κ3) is 3.04. The number of aryl methyl sites for hydroxylation is 1. The third-order valence-corrected chi connectivity index (χ3v) is 5.18. The fourth-order valence-electron chi connectivity index (χ4n) is 2.22. The number of thioether (sulfide) groups is 1. The van der Waals surface area contributed by atoms with Crippen molar-refractivity contribution >= 4 is 33.3 Å². The molecule has 2 aromatic heterocycles. The zero-order chi connectivity index (χ0) is 14.7. The zero-order valence-electron chi connectivity index (χ0n) is 11.8. The fourth-order valence-corrected chi connectivity index (χ4v) is 4.05. The van der Waals surface area contributed by atoms with Crippen molar-refractivity contribution in [2.75, 3.05) is 5.75 Å². The van der Waals surface area contributed by atoms with Crippen LogP contribution in [0.25, 0.3) is 10.2 Å². The Morgan fingerprint density at radius 3 is 2.81 bits per heavy atom.